The molecule has 374 valence electrons. The van der Waals surface area contributed by atoms with Crippen LogP contribution in [0.3, 0.4) is 0 Å². The summed E-state index contributed by atoms with van der Waals surface area (Å²) in [5.41, 5.74) is 0. The molecule has 3 atom stereocenters. The Hall–Kier alpha value is -3.74. The summed E-state index contributed by atoms with van der Waals surface area (Å²) < 4.78 is 5.86. The van der Waals surface area contributed by atoms with Crippen LogP contribution in [0.5, 0.6) is 0 Å². The van der Waals surface area contributed by atoms with Gasteiger partial charge in [-0.2, -0.15) is 0 Å². The summed E-state index contributed by atoms with van der Waals surface area (Å²) in [5, 5.41) is 23.8. The number of aliphatic hydroxyl groups excluding tert-OH is 2. The molecule has 0 saturated carbocycles. The van der Waals surface area contributed by atoms with Crippen molar-refractivity contribution in [2.24, 2.45) is 0 Å². The maximum atomic E-state index is 13.2. The number of carbonyl (C=O) groups excluding carboxylic acids is 2. The zero-order valence-corrected chi connectivity index (χ0v) is 42.5. The van der Waals surface area contributed by atoms with Crippen molar-refractivity contribution in [3.63, 3.8) is 0 Å². The van der Waals surface area contributed by atoms with Crippen molar-refractivity contribution in [3.8, 4) is 0 Å². The first kappa shape index (κ1) is 62.3. The zero-order chi connectivity index (χ0) is 48.1. The van der Waals surface area contributed by atoms with Crippen LogP contribution >= 0.6 is 0 Å². The first-order valence-corrected chi connectivity index (χ1v) is 26.8. The fourth-order valence-electron chi connectivity index (χ4n) is 7.38. The molecular weight excluding hydrogens is 815 g/mol. The van der Waals surface area contributed by atoms with Gasteiger partial charge in [-0.3, -0.25) is 9.59 Å². The van der Waals surface area contributed by atoms with E-state index in [0.717, 1.165) is 77.0 Å². The van der Waals surface area contributed by atoms with Crippen LogP contribution in [0.2, 0.25) is 0 Å². The Morgan fingerprint density at radius 3 is 1.44 bits per heavy atom. The second-order valence-corrected chi connectivity index (χ2v) is 17.7. The van der Waals surface area contributed by atoms with Crippen LogP contribution in [0, 0.1) is 0 Å². The molecule has 0 aromatic heterocycles. The molecule has 0 aliphatic rings. The highest BCUT2D eigenvalue weighted by Crippen LogP contribution is 2.16. The van der Waals surface area contributed by atoms with Crippen molar-refractivity contribution in [3.05, 3.63) is 122 Å². The maximum Gasteiger partial charge on any atom is 0.306 e. The normalized spacial score (nSPS) is 14.2. The molecule has 0 rings (SSSR count). The Balaban J connectivity index is 4.81. The predicted molar refractivity (Wildman–Crippen MR) is 286 cm³/mol. The summed E-state index contributed by atoms with van der Waals surface area (Å²) in [6, 6.07) is -0.749. The lowest BCUT2D eigenvalue weighted by Gasteiger charge is -2.24. The quantitative estimate of drug-likeness (QED) is 0.0245. The van der Waals surface area contributed by atoms with Gasteiger partial charge < -0.3 is 20.3 Å². The summed E-state index contributed by atoms with van der Waals surface area (Å²) >= 11 is 0. The predicted octanol–water partition coefficient (Wildman–Crippen LogP) is 16.5. The van der Waals surface area contributed by atoms with Crippen molar-refractivity contribution in [2.45, 2.75) is 238 Å². The highest BCUT2D eigenvalue weighted by molar-refractivity contribution is 5.77. The minimum atomic E-state index is -0.827. The van der Waals surface area contributed by atoms with Crippen LogP contribution in [0.4, 0.5) is 0 Å². The summed E-state index contributed by atoms with van der Waals surface area (Å²) in [6.45, 7) is 6.27. The van der Waals surface area contributed by atoms with Crippen LogP contribution in [-0.2, 0) is 14.3 Å². The van der Waals surface area contributed by atoms with Gasteiger partial charge in [-0.25, -0.2) is 0 Å². The third kappa shape index (κ3) is 46.8. The van der Waals surface area contributed by atoms with Gasteiger partial charge in [-0.05, 0) is 64.2 Å². The topological polar surface area (TPSA) is 95.9 Å². The average Bonchev–Trinajstić information content (AvgIpc) is 3.31. The summed E-state index contributed by atoms with van der Waals surface area (Å²) in [7, 11) is 0. The number of allylic oxidation sites excluding steroid dienone is 19. The molecule has 0 saturated heterocycles. The number of carbonyl (C=O) groups is 2. The van der Waals surface area contributed by atoms with E-state index in [0.29, 0.717) is 19.3 Å². The lowest BCUT2D eigenvalue weighted by molar-refractivity contribution is -0.150. The fourth-order valence-corrected chi connectivity index (χ4v) is 7.38. The highest BCUT2D eigenvalue weighted by atomic mass is 16.5. The van der Waals surface area contributed by atoms with Crippen molar-refractivity contribution in [1.29, 1.82) is 0 Å². The number of amides is 1. The SMILES string of the molecule is CC\C=C/C=C/C=C/C=C\C=C\C=C\CCCCCC(=O)OC(C/C=C\C/C=C\C/C=C\C/C=C\CCCCC)CC(=O)NC(CO)C(O)CCCCCCCCCCCCCCCCC. The number of aliphatic hydroxyl groups is 2. The van der Waals surface area contributed by atoms with Gasteiger partial charge in [0.05, 0.1) is 25.2 Å². The summed E-state index contributed by atoms with van der Waals surface area (Å²) in [5.74, 6) is -0.637. The number of nitrogens with one attached hydrogen (secondary N) is 1. The number of ether oxygens (including phenoxy) is 1. The van der Waals surface area contributed by atoms with E-state index in [9.17, 15) is 19.8 Å². The molecule has 0 aromatic rings. The van der Waals surface area contributed by atoms with Gasteiger partial charge in [-0.1, -0.05) is 258 Å². The van der Waals surface area contributed by atoms with Gasteiger partial charge >= 0.3 is 5.97 Å². The van der Waals surface area contributed by atoms with Crippen LogP contribution < -0.4 is 5.32 Å². The fraction of sp³-hybridized carbons (Fsp3) is 0.633. The summed E-state index contributed by atoms with van der Waals surface area (Å²) in [4.78, 5) is 26.2. The first-order chi connectivity index (χ1) is 32.5. The van der Waals surface area contributed by atoms with E-state index in [-0.39, 0.29) is 24.9 Å². The Labute approximate surface area is 406 Å². The van der Waals surface area contributed by atoms with Gasteiger partial charge in [0.15, 0.2) is 0 Å². The van der Waals surface area contributed by atoms with E-state index < -0.39 is 18.2 Å². The Morgan fingerprint density at radius 2 is 0.909 bits per heavy atom. The van der Waals surface area contributed by atoms with Crippen LogP contribution in [0.15, 0.2) is 122 Å². The van der Waals surface area contributed by atoms with Gasteiger partial charge in [0, 0.05) is 12.8 Å². The third-order valence-corrected chi connectivity index (χ3v) is 11.4. The van der Waals surface area contributed by atoms with Crippen molar-refractivity contribution in [1.82, 2.24) is 5.32 Å². The molecule has 0 aliphatic carbocycles. The van der Waals surface area contributed by atoms with E-state index in [4.69, 9.17) is 4.74 Å². The molecule has 66 heavy (non-hydrogen) atoms. The largest absolute Gasteiger partial charge is 0.461 e. The number of rotatable bonds is 46. The molecule has 3 unspecified atom stereocenters. The second-order valence-electron chi connectivity index (χ2n) is 17.7. The Bertz CT molecular complexity index is 1390. The first-order valence-electron chi connectivity index (χ1n) is 26.8. The number of hydrogen-bond acceptors (Lipinski definition) is 5. The number of unbranched alkanes of at least 4 members (excludes halogenated alkanes) is 20. The highest BCUT2D eigenvalue weighted by Gasteiger charge is 2.23. The number of esters is 1. The van der Waals surface area contributed by atoms with Gasteiger partial charge in [0.25, 0.3) is 0 Å². The minimum absolute atomic E-state index is 0.0244. The lowest BCUT2D eigenvalue weighted by Crippen LogP contribution is -2.46. The zero-order valence-electron chi connectivity index (χ0n) is 42.5. The smallest absolute Gasteiger partial charge is 0.306 e. The second kappa shape index (κ2) is 52.2. The molecule has 0 spiro atoms. The molecule has 3 N–H and O–H groups in total. The van der Waals surface area contributed by atoms with E-state index >= 15 is 0 Å². The third-order valence-electron chi connectivity index (χ3n) is 11.4. The molecule has 6 heteroatoms. The number of hydrogen-bond donors (Lipinski definition) is 3. The molecular formula is C60H99NO5. The van der Waals surface area contributed by atoms with E-state index in [1.165, 1.54) is 96.3 Å². The van der Waals surface area contributed by atoms with Crippen molar-refractivity contribution in [2.75, 3.05) is 6.61 Å². The molecule has 0 heterocycles. The standard InChI is InChI=1S/C60H99NO5/c1-4-7-10-13-16-19-22-25-28-29-32-35-38-41-44-47-50-53-60(65)66-56(51-48-45-42-39-36-33-30-26-23-20-17-14-11-8-5-2)54-59(64)61-57(55-62)58(63)52-49-46-43-40-37-34-31-27-24-21-18-15-12-9-6-3/h7,10,13,16-17,19-20,22,25-26,28-30,32,35-36,38-39,45,48,56-58,62-63H,4-6,8-9,11-12,14-15,18,21,23-24,27,31,33-34,37,40-44,46-47,49-55H2,1-3H3,(H,61,64)/b10-7-,16-13+,20-17-,22-19+,28-25-,30-26-,32-29+,38-35+,39-36-,48-45-. The van der Waals surface area contributed by atoms with Gasteiger partial charge in [0.2, 0.25) is 5.91 Å². The van der Waals surface area contributed by atoms with Gasteiger partial charge in [0.1, 0.15) is 6.10 Å². The van der Waals surface area contributed by atoms with E-state index in [1.807, 2.05) is 72.9 Å². The molecule has 6 nitrogen and oxygen atoms in total. The van der Waals surface area contributed by atoms with E-state index in [1.54, 1.807) is 0 Å². The Kier molecular flexibility index (Phi) is 49.3. The molecule has 1 amide bonds. The van der Waals surface area contributed by atoms with Gasteiger partial charge in [-0.15, -0.1) is 0 Å². The molecule has 0 aliphatic heterocycles. The monoisotopic (exact) mass is 914 g/mol. The van der Waals surface area contributed by atoms with Crippen molar-refractivity contribution < 1.29 is 24.5 Å². The molecule has 0 bridgehead atoms. The molecule has 0 aromatic carbocycles. The molecule has 0 fully saturated rings. The van der Waals surface area contributed by atoms with Crippen LogP contribution in [0.25, 0.3) is 0 Å². The van der Waals surface area contributed by atoms with Crippen LogP contribution in [-0.4, -0.2) is 46.9 Å². The van der Waals surface area contributed by atoms with Crippen molar-refractivity contribution >= 4 is 11.9 Å². The maximum absolute atomic E-state index is 13.2. The minimum Gasteiger partial charge on any atom is -0.461 e. The Morgan fingerprint density at radius 1 is 0.485 bits per heavy atom. The lowest BCUT2D eigenvalue weighted by atomic mass is 10.0. The average molecular weight is 914 g/mol. The van der Waals surface area contributed by atoms with E-state index in [2.05, 4.69) is 74.7 Å². The molecule has 0 radical (unpaired) electrons. The van der Waals surface area contributed by atoms with Crippen LogP contribution in [0.1, 0.15) is 220 Å². The summed E-state index contributed by atoms with van der Waals surface area (Å²) in [6.07, 6.45) is 72.7.